The van der Waals surface area contributed by atoms with E-state index in [9.17, 15) is 4.79 Å². The second-order valence-electron chi connectivity index (χ2n) is 3.83. The van der Waals surface area contributed by atoms with Crippen LogP contribution in [-0.4, -0.2) is 12.6 Å². The van der Waals surface area contributed by atoms with E-state index >= 15 is 0 Å². The summed E-state index contributed by atoms with van der Waals surface area (Å²) in [6.45, 7) is 2.28. The molecule has 2 rings (SSSR count). The molecule has 0 saturated heterocycles. The SMILES string of the molecule is CC1=CCC(c2ccccc2)COC1=O. The minimum Gasteiger partial charge on any atom is -0.462 e. The maximum atomic E-state index is 11.3. The van der Waals surface area contributed by atoms with Crippen molar-refractivity contribution < 1.29 is 9.53 Å². The summed E-state index contributed by atoms with van der Waals surface area (Å²) in [4.78, 5) is 11.3. The van der Waals surface area contributed by atoms with Crippen LogP contribution in [0.5, 0.6) is 0 Å². The first-order chi connectivity index (χ1) is 7.27. The van der Waals surface area contributed by atoms with Gasteiger partial charge in [-0.25, -0.2) is 4.79 Å². The molecule has 0 saturated carbocycles. The Hall–Kier alpha value is -1.57. The molecular formula is C13H14O2. The molecule has 1 aliphatic heterocycles. The molecule has 78 valence electrons. The Morgan fingerprint density at radius 1 is 1.27 bits per heavy atom. The fourth-order valence-electron chi connectivity index (χ4n) is 1.72. The lowest BCUT2D eigenvalue weighted by Gasteiger charge is -2.12. The van der Waals surface area contributed by atoms with Gasteiger partial charge in [0.05, 0.1) is 6.61 Å². The van der Waals surface area contributed by atoms with Gasteiger partial charge < -0.3 is 4.74 Å². The minimum absolute atomic E-state index is 0.187. The highest BCUT2D eigenvalue weighted by molar-refractivity contribution is 5.88. The van der Waals surface area contributed by atoms with Crippen molar-refractivity contribution >= 4 is 5.97 Å². The second-order valence-corrected chi connectivity index (χ2v) is 3.83. The van der Waals surface area contributed by atoms with Crippen molar-refractivity contribution in [2.24, 2.45) is 0 Å². The Morgan fingerprint density at radius 3 is 2.73 bits per heavy atom. The largest absolute Gasteiger partial charge is 0.462 e. The number of carbonyl (C=O) groups excluding carboxylic acids is 1. The molecule has 0 radical (unpaired) electrons. The molecular weight excluding hydrogens is 188 g/mol. The summed E-state index contributed by atoms with van der Waals surface area (Å²) in [6, 6.07) is 10.2. The second kappa shape index (κ2) is 4.30. The molecule has 1 aliphatic rings. The van der Waals surface area contributed by atoms with Gasteiger partial charge in [-0.05, 0) is 18.9 Å². The van der Waals surface area contributed by atoms with Crippen LogP contribution in [0.4, 0.5) is 0 Å². The van der Waals surface area contributed by atoms with Crippen LogP contribution in [0, 0.1) is 0 Å². The number of hydrogen-bond acceptors (Lipinski definition) is 2. The van der Waals surface area contributed by atoms with Gasteiger partial charge >= 0.3 is 5.97 Å². The van der Waals surface area contributed by atoms with Gasteiger partial charge in [-0.1, -0.05) is 36.4 Å². The molecule has 0 N–H and O–H groups in total. The molecule has 1 unspecified atom stereocenters. The summed E-state index contributed by atoms with van der Waals surface area (Å²) in [5.74, 6) is 0.112. The number of carbonyl (C=O) groups is 1. The van der Waals surface area contributed by atoms with Crippen LogP contribution in [0.25, 0.3) is 0 Å². The topological polar surface area (TPSA) is 26.3 Å². The third-order valence-corrected chi connectivity index (χ3v) is 2.72. The number of cyclic esters (lactones) is 1. The normalized spacial score (nSPS) is 21.5. The zero-order valence-corrected chi connectivity index (χ0v) is 8.77. The Labute approximate surface area is 89.6 Å². The minimum atomic E-state index is -0.187. The van der Waals surface area contributed by atoms with Crippen molar-refractivity contribution in [1.82, 2.24) is 0 Å². The van der Waals surface area contributed by atoms with Crippen LogP contribution >= 0.6 is 0 Å². The average molecular weight is 202 g/mol. The zero-order chi connectivity index (χ0) is 10.7. The summed E-state index contributed by atoms with van der Waals surface area (Å²) in [6.07, 6.45) is 2.84. The lowest BCUT2D eigenvalue weighted by atomic mass is 9.96. The highest BCUT2D eigenvalue weighted by Crippen LogP contribution is 2.24. The summed E-state index contributed by atoms with van der Waals surface area (Å²) in [5.41, 5.74) is 1.95. The molecule has 1 aromatic rings. The number of hydrogen-bond donors (Lipinski definition) is 0. The highest BCUT2D eigenvalue weighted by Gasteiger charge is 2.18. The number of esters is 1. The Balaban J connectivity index is 2.17. The summed E-state index contributed by atoms with van der Waals surface area (Å²) in [5, 5.41) is 0. The number of benzene rings is 1. The summed E-state index contributed by atoms with van der Waals surface area (Å²) in [7, 11) is 0. The molecule has 1 aromatic carbocycles. The maximum Gasteiger partial charge on any atom is 0.333 e. The predicted octanol–water partition coefficient (Wildman–Crippen LogP) is 2.66. The molecule has 0 aromatic heterocycles. The van der Waals surface area contributed by atoms with Gasteiger partial charge in [0.2, 0.25) is 0 Å². The van der Waals surface area contributed by atoms with E-state index in [2.05, 4.69) is 12.1 Å². The standard InChI is InChI=1S/C13H14O2/c1-10-7-8-12(9-15-13(10)14)11-5-3-2-4-6-11/h2-7,12H,8-9H2,1H3. The average Bonchev–Trinajstić information content (AvgIpc) is 2.44. The van der Waals surface area contributed by atoms with E-state index < -0.39 is 0 Å². The van der Waals surface area contributed by atoms with Gasteiger partial charge in [-0.3, -0.25) is 0 Å². The fourth-order valence-corrected chi connectivity index (χ4v) is 1.72. The highest BCUT2D eigenvalue weighted by atomic mass is 16.5. The predicted molar refractivity (Wildman–Crippen MR) is 58.5 cm³/mol. The smallest absolute Gasteiger partial charge is 0.333 e. The molecule has 0 bridgehead atoms. The van der Waals surface area contributed by atoms with E-state index in [1.54, 1.807) is 6.92 Å². The van der Waals surface area contributed by atoms with Gasteiger partial charge in [-0.2, -0.15) is 0 Å². The molecule has 1 atom stereocenters. The Morgan fingerprint density at radius 2 is 2.00 bits per heavy atom. The van der Waals surface area contributed by atoms with Crippen LogP contribution in [0.15, 0.2) is 42.0 Å². The molecule has 0 spiro atoms. The van der Waals surface area contributed by atoms with Crippen LogP contribution in [0.2, 0.25) is 0 Å². The van der Waals surface area contributed by atoms with Gasteiger partial charge in [0, 0.05) is 11.5 Å². The van der Waals surface area contributed by atoms with Crippen LogP contribution in [-0.2, 0) is 9.53 Å². The van der Waals surface area contributed by atoms with E-state index in [0.29, 0.717) is 18.1 Å². The van der Waals surface area contributed by atoms with Crippen molar-refractivity contribution in [2.45, 2.75) is 19.3 Å². The van der Waals surface area contributed by atoms with E-state index in [0.717, 1.165) is 6.42 Å². The maximum absolute atomic E-state index is 11.3. The van der Waals surface area contributed by atoms with Crippen LogP contribution in [0.3, 0.4) is 0 Å². The van der Waals surface area contributed by atoms with Gasteiger partial charge in [-0.15, -0.1) is 0 Å². The fraction of sp³-hybridized carbons (Fsp3) is 0.308. The molecule has 2 nitrogen and oxygen atoms in total. The monoisotopic (exact) mass is 202 g/mol. The molecule has 2 heteroatoms. The molecule has 0 aliphatic carbocycles. The third kappa shape index (κ3) is 2.27. The molecule has 0 fully saturated rings. The summed E-state index contributed by atoms with van der Waals surface area (Å²) >= 11 is 0. The van der Waals surface area contributed by atoms with Crippen molar-refractivity contribution in [3.05, 3.63) is 47.5 Å². The van der Waals surface area contributed by atoms with Gasteiger partial charge in [0.1, 0.15) is 0 Å². The van der Waals surface area contributed by atoms with E-state index in [1.165, 1.54) is 5.56 Å². The van der Waals surface area contributed by atoms with Crippen molar-refractivity contribution in [3.63, 3.8) is 0 Å². The Kier molecular flexibility index (Phi) is 2.86. The van der Waals surface area contributed by atoms with E-state index in [4.69, 9.17) is 4.74 Å². The quantitative estimate of drug-likeness (QED) is 0.654. The van der Waals surface area contributed by atoms with E-state index in [-0.39, 0.29) is 5.97 Å². The first-order valence-electron chi connectivity index (χ1n) is 5.16. The van der Waals surface area contributed by atoms with Crippen molar-refractivity contribution in [2.75, 3.05) is 6.61 Å². The van der Waals surface area contributed by atoms with Gasteiger partial charge in [0.25, 0.3) is 0 Å². The van der Waals surface area contributed by atoms with Crippen LogP contribution < -0.4 is 0 Å². The first kappa shape index (κ1) is 9.97. The lowest BCUT2D eigenvalue weighted by Crippen LogP contribution is -2.09. The molecule has 1 heterocycles. The van der Waals surface area contributed by atoms with E-state index in [1.807, 2.05) is 24.3 Å². The number of allylic oxidation sites excluding steroid dienone is 1. The first-order valence-corrected chi connectivity index (χ1v) is 5.16. The number of ether oxygens (including phenoxy) is 1. The van der Waals surface area contributed by atoms with Crippen molar-refractivity contribution in [3.8, 4) is 0 Å². The molecule has 0 amide bonds. The lowest BCUT2D eigenvalue weighted by molar-refractivity contribution is -0.139. The van der Waals surface area contributed by atoms with Gasteiger partial charge in [0.15, 0.2) is 0 Å². The number of rotatable bonds is 1. The Bertz CT molecular complexity index is 379. The summed E-state index contributed by atoms with van der Waals surface area (Å²) < 4.78 is 5.17. The van der Waals surface area contributed by atoms with Crippen molar-refractivity contribution in [1.29, 1.82) is 0 Å². The third-order valence-electron chi connectivity index (χ3n) is 2.72. The zero-order valence-electron chi connectivity index (χ0n) is 8.77. The van der Waals surface area contributed by atoms with Crippen LogP contribution in [0.1, 0.15) is 24.8 Å². The molecule has 15 heavy (non-hydrogen) atoms.